The second-order valence-corrected chi connectivity index (χ2v) is 8.52. The van der Waals surface area contributed by atoms with Crippen molar-refractivity contribution in [3.63, 3.8) is 0 Å². The fourth-order valence-corrected chi connectivity index (χ4v) is 5.33. The van der Waals surface area contributed by atoms with Crippen LogP contribution >= 0.6 is 11.8 Å². The Labute approximate surface area is 126 Å². The third-order valence-corrected chi connectivity index (χ3v) is 6.71. The van der Waals surface area contributed by atoms with Gasteiger partial charge in [0.25, 0.3) is 0 Å². The lowest BCUT2D eigenvalue weighted by molar-refractivity contribution is -0.124. The summed E-state index contributed by atoms with van der Waals surface area (Å²) in [6.45, 7) is 2.36. The van der Waals surface area contributed by atoms with Crippen molar-refractivity contribution in [1.82, 2.24) is 5.32 Å². The normalized spacial score (nSPS) is 33.6. The van der Waals surface area contributed by atoms with E-state index in [1.54, 1.807) is 0 Å². The number of rotatable bonds is 7. The second kappa shape index (κ2) is 5.88. The molecule has 0 aromatic heterocycles. The quantitative estimate of drug-likeness (QED) is 0.759. The van der Waals surface area contributed by atoms with Crippen LogP contribution < -0.4 is 11.1 Å². The van der Waals surface area contributed by atoms with Gasteiger partial charge in [-0.3, -0.25) is 10.1 Å². The van der Waals surface area contributed by atoms with Crippen molar-refractivity contribution in [2.45, 2.75) is 75.1 Å². The number of hydrogen-bond acceptors (Lipinski definition) is 3. The molecule has 3 aliphatic carbocycles. The summed E-state index contributed by atoms with van der Waals surface area (Å²) in [5.74, 6) is 2.12. The zero-order chi connectivity index (χ0) is 14.2. The Morgan fingerprint density at radius 1 is 1.25 bits per heavy atom. The van der Waals surface area contributed by atoms with Crippen molar-refractivity contribution in [3.05, 3.63) is 0 Å². The molecule has 4 heteroatoms. The van der Waals surface area contributed by atoms with Crippen molar-refractivity contribution >= 4 is 17.7 Å². The third-order valence-electron chi connectivity index (χ3n) is 5.19. The van der Waals surface area contributed by atoms with Crippen molar-refractivity contribution < 1.29 is 4.79 Å². The molecule has 0 aliphatic heterocycles. The maximum atomic E-state index is 12.1. The number of thioether (sulfide) groups is 1. The molecule has 20 heavy (non-hydrogen) atoms. The van der Waals surface area contributed by atoms with Gasteiger partial charge in [-0.2, -0.15) is 11.8 Å². The average Bonchev–Trinajstić information content (AvgIpc) is 3.26. The van der Waals surface area contributed by atoms with Crippen molar-refractivity contribution in [2.24, 2.45) is 17.6 Å². The highest BCUT2D eigenvalue weighted by Gasteiger charge is 2.52. The Balaban J connectivity index is 1.61. The van der Waals surface area contributed by atoms with Gasteiger partial charge in [-0.1, -0.05) is 19.8 Å². The standard InChI is InChI=1S/C16H28N2OS/c1-11-3-2-4-14(9-11)20-10-16(15(17)19,12-5-6-12)18-13-7-8-13/h11-14,18H,2-10H2,1H3,(H2,17,19). The number of amides is 1. The summed E-state index contributed by atoms with van der Waals surface area (Å²) in [4.78, 5) is 12.1. The Hall–Kier alpha value is -0.220. The van der Waals surface area contributed by atoms with Gasteiger partial charge < -0.3 is 5.73 Å². The minimum absolute atomic E-state index is 0.108. The van der Waals surface area contributed by atoms with Crippen LogP contribution in [0.5, 0.6) is 0 Å². The van der Waals surface area contributed by atoms with E-state index < -0.39 is 5.54 Å². The zero-order valence-electron chi connectivity index (χ0n) is 12.6. The molecule has 3 nitrogen and oxygen atoms in total. The highest BCUT2D eigenvalue weighted by atomic mass is 32.2. The monoisotopic (exact) mass is 296 g/mol. The summed E-state index contributed by atoms with van der Waals surface area (Å²) in [5, 5.41) is 4.35. The number of primary amides is 1. The molecule has 3 rings (SSSR count). The van der Waals surface area contributed by atoms with Crippen LogP contribution in [0.2, 0.25) is 0 Å². The fourth-order valence-electron chi connectivity index (χ4n) is 3.57. The van der Waals surface area contributed by atoms with Gasteiger partial charge in [-0.15, -0.1) is 0 Å². The van der Waals surface area contributed by atoms with Crippen molar-refractivity contribution in [2.75, 3.05) is 5.75 Å². The smallest absolute Gasteiger partial charge is 0.238 e. The third kappa shape index (κ3) is 3.33. The Morgan fingerprint density at radius 2 is 2.00 bits per heavy atom. The molecule has 0 aromatic rings. The molecule has 3 saturated carbocycles. The Morgan fingerprint density at radius 3 is 2.55 bits per heavy atom. The van der Waals surface area contributed by atoms with E-state index in [4.69, 9.17) is 5.73 Å². The molecule has 0 spiro atoms. The van der Waals surface area contributed by atoms with Crippen LogP contribution in [0.4, 0.5) is 0 Å². The van der Waals surface area contributed by atoms with Gasteiger partial charge in [0, 0.05) is 17.0 Å². The van der Waals surface area contributed by atoms with Crippen LogP contribution in [0.25, 0.3) is 0 Å². The first-order valence-electron chi connectivity index (χ1n) is 8.29. The van der Waals surface area contributed by atoms with Gasteiger partial charge in [0.2, 0.25) is 5.91 Å². The Bertz CT molecular complexity index is 367. The van der Waals surface area contributed by atoms with Crippen LogP contribution in [0, 0.1) is 11.8 Å². The summed E-state index contributed by atoms with van der Waals surface area (Å²) in [6, 6.07) is 0.550. The summed E-state index contributed by atoms with van der Waals surface area (Å²) in [6.07, 6.45) is 10.1. The van der Waals surface area contributed by atoms with Crippen LogP contribution in [0.15, 0.2) is 0 Å². The van der Waals surface area contributed by atoms with Gasteiger partial charge in [0.15, 0.2) is 0 Å². The number of carbonyl (C=O) groups excluding carboxylic acids is 1. The van der Waals surface area contributed by atoms with Gasteiger partial charge >= 0.3 is 0 Å². The van der Waals surface area contributed by atoms with E-state index in [2.05, 4.69) is 12.2 Å². The number of nitrogens with two attached hydrogens (primary N) is 1. The van der Waals surface area contributed by atoms with Crippen molar-refractivity contribution in [3.8, 4) is 0 Å². The van der Waals surface area contributed by atoms with E-state index in [0.717, 1.165) is 16.9 Å². The lowest BCUT2D eigenvalue weighted by Crippen LogP contribution is -2.60. The fraction of sp³-hybridized carbons (Fsp3) is 0.938. The van der Waals surface area contributed by atoms with E-state index in [9.17, 15) is 4.79 Å². The molecule has 1 amide bonds. The van der Waals surface area contributed by atoms with E-state index >= 15 is 0 Å². The van der Waals surface area contributed by atoms with Gasteiger partial charge in [-0.25, -0.2) is 0 Å². The van der Waals surface area contributed by atoms with Crippen LogP contribution in [0.3, 0.4) is 0 Å². The Kier molecular flexibility index (Phi) is 4.32. The molecule has 0 heterocycles. The molecule has 114 valence electrons. The minimum Gasteiger partial charge on any atom is -0.368 e. The lowest BCUT2D eigenvalue weighted by atomic mass is 9.90. The summed E-state index contributed by atoms with van der Waals surface area (Å²) in [7, 11) is 0. The summed E-state index contributed by atoms with van der Waals surface area (Å²) in [5.41, 5.74) is 5.41. The highest BCUT2D eigenvalue weighted by molar-refractivity contribution is 8.00. The molecule has 0 aromatic carbocycles. The van der Waals surface area contributed by atoms with Crippen LogP contribution in [0.1, 0.15) is 58.3 Å². The molecule has 0 radical (unpaired) electrons. The van der Waals surface area contributed by atoms with Crippen LogP contribution in [-0.2, 0) is 4.79 Å². The second-order valence-electron chi connectivity index (χ2n) is 7.23. The highest BCUT2D eigenvalue weighted by Crippen LogP contribution is 2.44. The SMILES string of the molecule is CC1CCCC(SCC(NC2CC2)(C(N)=O)C2CC2)C1. The number of hydrogen-bond donors (Lipinski definition) is 2. The van der Waals surface area contributed by atoms with Gasteiger partial charge in [0.1, 0.15) is 5.54 Å². The molecular weight excluding hydrogens is 268 g/mol. The first-order chi connectivity index (χ1) is 9.60. The predicted molar refractivity (Wildman–Crippen MR) is 84.7 cm³/mol. The molecule has 0 saturated heterocycles. The predicted octanol–water partition coefficient (Wildman–Crippen LogP) is 2.68. The molecule has 3 unspecified atom stereocenters. The van der Waals surface area contributed by atoms with Gasteiger partial charge in [0.05, 0.1) is 0 Å². The zero-order valence-corrected chi connectivity index (χ0v) is 13.4. The number of nitrogens with one attached hydrogen (secondary N) is 1. The lowest BCUT2D eigenvalue weighted by Gasteiger charge is -2.35. The molecular formula is C16H28N2OS. The maximum Gasteiger partial charge on any atom is 0.238 e. The van der Waals surface area contributed by atoms with Crippen molar-refractivity contribution in [1.29, 1.82) is 0 Å². The minimum atomic E-state index is -0.410. The summed E-state index contributed by atoms with van der Waals surface area (Å²) < 4.78 is 0. The average molecular weight is 296 g/mol. The molecule has 0 bridgehead atoms. The molecule has 3 atom stereocenters. The molecule has 3 fully saturated rings. The number of carbonyl (C=O) groups is 1. The van der Waals surface area contributed by atoms with Gasteiger partial charge in [-0.05, 0) is 50.4 Å². The van der Waals surface area contributed by atoms with Crippen LogP contribution in [-0.4, -0.2) is 28.5 Å². The van der Waals surface area contributed by atoms with E-state index in [1.807, 2.05) is 11.8 Å². The molecule has 3 N–H and O–H groups in total. The first kappa shape index (κ1) is 14.7. The van der Waals surface area contributed by atoms with E-state index in [1.165, 1.54) is 51.4 Å². The maximum absolute atomic E-state index is 12.1. The topological polar surface area (TPSA) is 55.1 Å². The van der Waals surface area contributed by atoms with E-state index in [0.29, 0.717) is 12.0 Å². The largest absolute Gasteiger partial charge is 0.368 e. The first-order valence-corrected chi connectivity index (χ1v) is 9.34. The van der Waals surface area contributed by atoms with E-state index in [-0.39, 0.29) is 5.91 Å². The summed E-state index contributed by atoms with van der Waals surface area (Å²) >= 11 is 2.01. The molecule has 3 aliphatic rings.